The molecule has 3 atom stereocenters. The molecule has 39 heavy (non-hydrogen) atoms. The maximum absolute atomic E-state index is 14.4. The zero-order valence-corrected chi connectivity index (χ0v) is 26.3. The number of carbonyl (C=O) groups excluding carboxylic acids is 3. The minimum Gasteiger partial charge on any atom is -0.444 e. The van der Waals surface area contributed by atoms with Gasteiger partial charge >= 0.3 is 6.09 Å². The average molecular weight is 546 g/mol. The average Bonchev–Trinajstić information content (AvgIpc) is 2.81. The molecule has 0 saturated heterocycles. The number of carbonyl (C=O) groups is 3. The Morgan fingerprint density at radius 1 is 0.923 bits per heavy atom. The van der Waals surface area contributed by atoms with Crippen molar-refractivity contribution in [3.8, 4) is 0 Å². The van der Waals surface area contributed by atoms with Crippen molar-refractivity contribution in [3.63, 3.8) is 0 Å². The molecule has 0 fully saturated rings. The highest BCUT2D eigenvalue weighted by Crippen LogP contribution is 2.28. The summed E-state index contributed by atoms with van der Waals surface area (Å²) >= 11 is 0. The number of rotatable bonds is 14. The molecule has 0 radical (unpaired) electrons. The zero-order chi connectivity index (χ0) is 29.8. The van der Waals surface area contributed by atoms with Crippen LogP contribution in [0.2, 0.25) is 0 Å². The van der Waals surface area contributed by atoms with E-state index in [2.05, 4.69) is 17.6 Å². The predicted octanol–water partition coefficient (Wildman–Crippen LogP) is 7.08. The fourth-order valence-corrected chi connectivity index (χ4v) is 4.51. The van der Waals surface area contributed by atoms with Gasteiger partial charge in [0.2, 0.25) is 11.8 Å². The number of ether oxygens (including phenoxy) is 1. The maximum atomic E-state index is 14.4. The van der Waals surface area contributed by atoms with Crippen molar-refractivity contribution in [1.29, 1.82) is 0 Å². The van der Waals surface area contributed by atoms with Crippen molar-refractivity contribution in [2.24, 2.45) is 5.92 Å². The Labute approximate surface area is 237 Å². The summed E-state index contributed by atoms with van der Waals surface area (Å²) in [6, 6.07) is 6.08. The van der Waals surface area contributed by atoms with E-state index in [1.165, 1.54) is 12.8 Å². The first-order chi connectivity index (χ1) is 18.1. The molecule has 0 saturated carbocycles. The molecule has 0 aliphatic rings. The largest absolute Gasteiger partial charge is 0.444 e. The van der Waals surface area contributed by atoms with Crippen molar-refractivity contribution in [3.05, 3.63) is 35.4 Å². The van der Waals surface area contributed by atoms with Crippen molar-refractivity contribution in [2.75, 3.05) is 6.54 Å². The van der Waals surface area contributed by atoms with Crippen LogP contribution in [0.15, 0.2) is 24.3 Å². The molecule has 3 unspecified atom stereocenters. The summed E-state index contributed by atoms with van der Waals surface area (Å²) in [5.74, 6) is -0.641. The monoisotopic (exact) mass is 545 g/mol. The molecule has 0 aromatic heterocycles. The SMILES string of the molecule is CCCCCCCCN(C(=O)C(NC(=O)OC(C)(C)C)C(C)CC)C(C(=O)NC(C)(C)C)c1ccccc1C. The summed E-state index contributed by atoms with van der Waals surface area (Å²) in [4.78, 5) is 42.8. The van der Waals surface area contributed by atoms with Gasteiger partial charge in [-0.2, -0.15) is 0 Å². The van der Waals surface area contributed by atoms with Crippen molar-refractivity contribution in [2.45, 2.75) is 137 Å². The second-order valence-electron chi connectivity index (χ2n) is 12.8. The van der Waals surface area contributed by atoms with E-state index >= 15 is 0 Å². The number of alkyl carbamates (subject to hydrolysis) is 1. The van der Waals surface area contributed by atoms with Gasteiger partial charge in [-0.1, -0.05) is 83.6 Å². The van der Waals surface area contributed by atoms with Gasteiger partial charge in [-0.3, -0.25) is 9.59 Å². The maximum Gasteiger partial charge on any atom is 0.408 e. The summed E-state index contributed by atoms with van der Waals surface area (Å²) in [6.45, 7) is 19.7. The lowest BCUT2D eigenvalue weighted by atomic mass is 9.93. The molecule has 7 nitrogen and oxygen atoms in total. The fraction of sp³-hybridized carbons (Fsp3) is 0.719. The van der Waals surface area contributed by atoms with Crippen LogP contribution in [0.1, 0.15) is 124 Å². The third-order valence-corrected chi connectivity index (χ3v) is 6.73. The number of unbranched alkanes of at least 4 members (excludes halogenated alkanes) is 5. The zero-order valence-electron chi connectivity index (χ0n) is 26.3. The molecule has 7 heteroatoms. The first-order valence-corrected chi connectivity index (χ1v) is 14.8. The van der Waals surface area contributed by atoms with Crippen LogP contribution in [0.4, 0.5) is 4.79 Å². The fourth-order valence-electron chi connectivity index (χ4n) is 4.51. The van der Waals surface area contributed by atoms with Gasteiger partial charge in [0.05, 0.1) is 0 Å². The highest BCUT2D eigenvalue weighted by Gasteiger charge is 2.39. The molecule has 0 bridgehead atoms. The Hall–Kier alpha value is -2.57. The minimum absolute atomic E-state index is 0.153. The molecule has 3 amide bonds. The lowest BCUT2D eigenvalue weighted by Gasteiger charge is -2.37. The molecule has 0 spiro atoms. The first-order valence-electron chi connectivity index (χ1n) is 14.8. The van der Waals surface area contributed by atoms with Crippen molar-refractivity contribution < 1.29 is 19.1 Å². The van der Waals surface area contributed by atoms with Crippen LogP contribution in [-0.4, -0.2) is 46.5 Å². The van der Waals surface area contributed by atoms with Gasteiger partial charge in [0, 0.05) is 12.1 Å². The summed E-state index contributed by atoms with van der Waals surface area (Å²) in [5.41, 5.74) is 0.561. The highest BCUT2D eigenvalue weighted by molar-refractivity contribution is 5.92. The van der Waals surface area contributed by atoms with Gasteiger partial charge in [-0.25, -0.2) is 4.79 Å². The number of nitrogens with zero attached hydrogens (tertiary/aromatic N) is 1. The molecule has 1 aromatic rings. The Bertz CT molecular complexity index is 917. The van der Waals surface area contributed by atoms with Crippen LogP contribution in [0.25, 0.3) is 0 Å². The third kappa shape index (κ3) is 12.4. The van der Waals surface area contributed by atoms with Gasteiger partial charge in [-0.05, 0) is 71.9 Å². The normalized spacial score (nSPS) is 14.2. The molecule has 1 rings (SSSR count). The van der Waals surface area contributed by atoms with Crippen LogP contribution in [0.5, 0.6) is 0 Å². The van der Waals surface area contributed by atoms with Crippen LogP contribution in [0, 0.1) is 12.8 Å². The van der Waals surface area contributed by atoms with E-state index in [-0.39, 0.29) is 17.7 Å². The second-order valence-corrected chi connectivity index (χ2v) is 12.8. The Balaban J connectivity index is 3.52. The number of hydrogen-bond donors (Lipinski definition) is 2. The Kier molecular flexibility index (Phi) is 14.0. The van der Waals surface area contributed by atoms with Gasteiger partial charge < -0.3 is 20.3 Å². The predicted molar refractivity (Wildman–Crippen MR) is 160 cm³/mol. The number of aryl methyl sites for hydroxylation is 1. The summed E-state index contributed by atoms with van der Waals surface area (Å²) in [5, 5.41) is 5.95. The van der Waals surface area contributed by atoms with E-state index in [0.29, 0.717) is 13.0 Å². The van der Waals surface area contributed by atoms with E-state index in [9.17, 15) is 14.4 Å². The quantitative estimate of drug-likeness (QED) is 0.245. The highest BCUT2D eigenvalue weighted by atomic mass is 16.6. The molecule has 0 aliphatic heterocycles. The van der Waals surface area contributed by atoms with E-state index in [1.807, 2.05) is 65.8 Å². The van der Waals surface area contributed by atoms with Crippen molar-refractivity contribution in [1.82, 2.24) is 15.5 Å². The number of amides is 3. The van der Waals surface area contributed by atoms with Crippen LogP contribution < -0.4 is 10.6 Å². The standard InChI is InChI=1S/C32H55N3O4/c1-11-13-14-15-16-19-22-35(29(37)26(23(3)12-2)33-30(38)39-32(8,9)10)27(28(36)34-31(5,6)7)25-21-18-17-20-24(25)4/h17-18,20-21,23,26-27H,11-16,19,22H2,1-10H3,(H,33,38)(H,34,36). The van der Waals surface area contributed by atoms with Gasteiger partial charge in [0.25, 0.3) is 0 Å². The number of nitrogens with one attached hydrogen (secondary N) is 2. The second kappa shape index (κ2) is 15.9. The Morgan fingerprint density at radius 3 is 2.05 bits per heavy atom. The van der Waals surface area contributed by atoms with Crippen molar-refractivity contribution >= 4 is 17.9 Å². The van der Waals surface area contributed by atoms with E-state index < -0.39 is 29.3 Å². The molecule has 1 aromatic carbocycles. The lowest BCUT2D eigenvalue weighted by molar-refractivity contribution is -0.144. The summed E-state index contributed by atoms with van der Waals surface area (Å²) < 4.78 is 5.51. The Morgan fingerprint density at radius 2 is 1.51 bits per heavy atom. The van der Waals surface area contributed by atoms with Gasteiger partial charge in [0.15, 0.2) is 0 Å². The first kappa shape index (κ1) is 34.5. The summed E-state index contributed by atoms with van der Waals surface area (Å²) in [6.07, 6.45) is 6.40. The van der Waals surface area contributed by atoms with Crippen LogP contribution >= 0.6 is 0 Å². The molecule has 2 N–H and O–H groups in total. The van der Waals surface area contributed by atoms with E-state index in [0.717, 1.165) is 36.8 Å². The molecule has 0 aliphatic carbocycles. The lowest BCUT2D eigenvalue weighted by Crippen LogP contribution is -2.56. The van der Waals surface area contributed by atoms with Crippen LogP contribution in [0.3, 0.4) is 0 Å². The molecular formula is C32H55N3O4. The smallest absolute Gasteiger partial charge is 0.408 e. The topological polar surface area (TPSA) is 87.7 Å². The summed E-state index contributed by atoms with van der Waals surface area (Å²) in [7, 11) is 0. The molecule has 222 valence electrons. The van der Waals surface area contributed by atoms with E-state index in [1.54, 1.807) is 25.7 Å². The third-order valence-electron chi connectivity index (χ3n) is 6.73. The number of hydrogen-bond acceptors (Lipinski definition) is 4. The number of benzene rings is 1. The van der Waals surface area contributed by atoms with Crippen LogP contribution in [-0.2, 0) is 14.3 Å². The molecular weight excluding hydrogens is 490 g/mol. The minimum atomic E-state index is -0.820. The van der Waals surface area contributed by atoms with E-state index in [4.69, 9.17) is 4.74 Å². The van der Waals surface area contributed by atoms with Gasteiger partial charge in [-0.15, -0.1) is 0 Å². The van der Waals surface area contributed by atoms with Gasteiger partial charge in [0.1, 0.15) is 17.7 Å². The molecule has 0 heterocycles.